The Labute approximate surface area is 209 Å². The van der Waals surface area contributed by atoms with Crippen LogP contribution in [0.15, 0.2) is 30.5 Å². The number of H-pyrrole nitrogens is 1. The van der Waals surface area contributed by atoms with Crippen molar-refractivity contribution >= 4 is 34.8 Å². The molecule has 10 heteroatoms. The van der Waals surface area contributed by atoms with Crippen LogP contribution in [0.4, 0.5) is 0 Å². The van der Waals surface area contributed by atoms with E-state index in [4.69, 9.17) is 23.7 Å². The van der Waals surface area contributed by atoms with Crippen LogP contribution in [0, 0.1) is 0 Å². The van der Waals surface area contributed by atoms with Gasteiger partial charge in [0.2, 0.25) is 12.4 Å². The van der Waals surface area contributed by atoms with Gasteiger partial charge in [0.15, 0.2) is 12.2 Å². The summed E-state index contributed by atoms with van der Waals surface area (Å²) in [4.78, 5) is 52.4. The number of nitrogens with one attached hydrogen (secondary N) is 1. The SMILES string of the molecule is CCC(=O)O[C@H]1[C@H](OC(=O)CC)[C@H](OC(=O)CCc2c[nH]c3ccccc23)O[C@@H](C)[C@H]1OC(=O)CC. The van der Waals surface area contributed by atoms with Crippen molar-refractivity contribution in [1.82, 2.24) is 4.98 Å². The lowest BCUT2D eigenvalue weighted by Gasteiger charge is -2.43. The number of hydrogen-bond donors (Lipinski definition) is 1. The first-order valence-electron chi connectivity index (χ1n) is 12.3. The maximum absolute atomic E-state index is 12.8. The third-order valence-corrected chi connectivity index (χ3v) is 5.92. The predicted octanol–water partition coefficient (Wildman–Crippen LogP) is 3.35. The molecule has 1 fully saturated rings. The molecule has 0 radical (unpaired) electrons. The molecule has 1 aromatic heterocycles. The number of aryl methyl sites for hydroxylation is 1. The number of hydrogen-bond acceptors (Lipinski definition) is 9. The van der Waals surface area contributed by atoms with Crippen LogP contribution < -0.4 is 0 Å². The van der Waals surface area contributed by atoms with Crippen LogP contribution in [0.1, 0.15) is 58.9 Å². The molecule has 1 aromatic carbocycles. The zero-order valence-electron chi connectivity index (χ0n) is 21.0. The number of fused-ring (bicyclic) bond motifs is 1. The maximum Gasteiger partial charge on any atom is 0.308 e. The van der Waals surface area contributed by atoms with Crippen molar-refractivity contribution in [1.29, 1.82) is 0 Å². The molecule has 1 saturated heterocycles. The highest BCUT2D eigenvalue weighted by Gasteiger charge is 2.52. The molecular weight excluding hydrogens is 470 g/mol. The highest BCUT2D eigenvalue weighted by atomic mass is 16.7. The Balaban J connectivity index is 1.78. The molecule has 1 N–H and O–H groups in total. The van der Waals surface area contributed by atoms with Gasteiger partial charge in [-0.2, -0.15) is 0 Å². The molecule has 0 bridgehead atoms. The van der Waals surface area contributed by atoms with Crippen molar-refractivity contribution in [3.8, 4) is 0 Å². The number of esters is 4. The van der Waals surface area contributed by atoms with Gasteiger partial charge in [-0.25, -0.2) is 0 Å². The van der Waals surface area contributed by atoms with Crippen LogP contribution in [0.25, 0.3) is 10.9 Å². The van der Waals surface area contributed by atoms with E-state index in [2.05, 4.69) is 4.98 Å². The summed E-state index contributed by atoms with van der Waals surface area (Å²) in [7, 11) is 0. The van der Waals surface area contributed by atoms with Gasteiger partial charge >= 0.3 is 23.9 Å². The molecule has 0 unspecified atom stereocenters. The van der Waals surface area contributed by atoms with E-state index in [1.165, 1.54) is 0 Å². The summed E-state index contributed by atoms with van der Waals surface area (Å²) in [6.45, 7) is 6.42. The second kappa shape index (κ2) is 12.5. The van der Waals surface area contributed by atoms with Crippen molar-refractivity contribution < 1.29 is 42.9 Å². The standard InChI is InChI=1S/C26H33NO9/c1-5-19(28)33-23-15(4)32-26(25(35-21(30)7-3)24(23)34-20(29)6-2)36-22(31)13-12-16-14-27-18-11-9-8-10-17(16)18/h8-11,14-15,23-27H,5-7,12-13H2,1-4H3/t15-,23+,24+,25-,26-/m0/s1. The number of para-hydroxylation sites is 1. The Bertz CT molecular complexity index is 1080. The van der Waals surface area contributed by atoms with E-state index in [9.17, 15) is 19.2 Å². The lowest BCUT2D eigenvalue weighted by atomic mass is 9.98. The maximum atomic E-state index is 12.8. The molecule has 0 spiro atoms. The predicted molar refractivity (Wildman–Crippen MR) is 128 cm³/mol. The molecule has 5 atom stereocenters. The quantitative estimate of drug-likeness (QED) is 0.383. The fraction of sp³-hybridized carbons (Fsp3) is 0.538. The van der Waals surface area contributed by atoms with E-state index in [0.717, 1.165) is 16.5 Å². The minimum atomic E-state index is -1.35. The van der Waals surface area contributed by atoms with Crippen LogP contribution in [0.2, 0.25) is 0 Å². The van der Waals surface area contributed by atoms with Gasteiger partial charge in [0.1, 0.15) is 0 Å². The third kappa shape index (κ3) is 6.63. The zero-order valence-corrected chi connectivity index (χ0v) is 21.0. The normalized spacial score (nSPS) is 23.6. The van der Waals surface area contributed by atoms with E-state index < -0.39 is 54.6 Å². The number of rotatable bonds is 10. The van der Waals surface area contributed by atoms with Crippen LogP contribution in [-0.4, -0.2) is 59.6 Å². The Hall–Kier alpha value is -3.40. The minimum absolute atomic E-state index is 0.0289. The lowest BCUT2D eigenvalue weighted by Crippen LogP contribution is -2.61. The summed E-state index contributed by atoms with van der Waals surface area (Å²) >= 11 is 0. The molecule has 0 saturated carbocycles. The summed E-state index contributed by atoms with van der Waals surface area (Å²) in [6.07, 6.45) is -3.27. The molecule has 10 nitrogen and oxygen atoms in total. The summed E-state index contributed by atoms with van der Waals surface area (Å²) in [5, 5.41) is 1.01. The average Bonchev–Trinajstić information content (AvgIpc) is 3.29. The monoisotopic (exact) mass is 503 g/mol. The molecule has 36 heavy (non-hydrogen) atoms. The number of carbonyl (C=O) groups excluding carboxylic acids is 4. The molecule has 3 rings (SSSR count). The smallest absolute Gasteiger partial charge is 0.308 e. The average molecular weight is 504 g/mol. The van der Waals surface area contributed by atoms with E-state index in [-0.39, 0.29) is 25.7 Å². The van der Waals surface area contributed by atoms with Crippen LogP contribution in [0.3, 0.4) is 0 Å². The zero-order chi connectivity index (χ0) is 26.2. The molecule has 1 aliphatic rings. The van der Waals surface area contributed by atoms with Crippen LogP contribution in [0.5, 0.6) is 0 Å². The molecule has 0 aliphatic carbocycles. The van der Waals surface area contributed by atoms with Gasteiger partial charge in [-0.05, 0) is 25.0 Å². The second-order valence-corrected chi connectivity index (χ2v) is 8.48. The number of benzene rings is 1. The number of carbonyl (C=O) groups is 4. The van der Waals surface area contributed by atoms with Gasteiger partial charge < -0.3 is 28.7 Å². The Morgan fingerprint density at radius 2 is 1.39 bits per heavy atom. The van der Waals surface area contributed by atoms with Crippen LogP contribution >= 0.6 is 0 Å². The van der Waals surface area contributed by atoms with E-state index >= 15 is 0 Å². The van der Waals surface area contributed by atoms with Crippen molar-refractivity contribution in [2.45, 2.75) is 90.5 Å². The fourth-order valence-electron chi connectivity index (χ4n) is 3.96. The largest absolute Gasteiger partial charge is 0.455 e. The highest BCUT2D eigenvalue weighted by molar-refractivity contribution is 5.83. The molecule has 2 heterocycles. The lowest BCUT2D eigenvalue weighted by molar-refractivity contribution is -0.294. The summed E-state index contributed by atoms with van der Waals surface area (Å²) < 4.78 is 27.9. The van der Waals surface area contributed by atoms with E-state index in [0.29, 0.717) is 6.42 Å². The van der Waals surface area contributed by atoms with Gasteiger partial charge in [-0.1, -0.05) is 39.0 Å². The highest BCUT2D eigenvalue weighted by Crippen LogP contribution is 2.30. The second-order valence-electron chi connectivity index (χ2n) is 8.48. The van der Waals surface area contributed by atoms with Crippen molar-refractivity contribution in [2.75, 3.05) is 0 Å². The summed E-state index contributed by atoms with van der Waals surface area (Å²) in [5.74, 6) is -2.33. The summed E-state index contributed by atoms with van der Waals surface area (Å²) in [6, 6.07) is 7.74. The minimum Gasteiger partial charge on any atom is -0.455 e. The van der Waals surface area contributed by atoms with Crippen molar-refractivity contribution in [3.63, 3.8) is 0 Å². The first-order chi connectivity index (χ1) is 17.3. The Morgan fingerprint density at radius 3 is 2.03 bits per heavy atom. The van der Waals surface area contributed by atoms with Gasteiger partial charge in [0.05, 0.1) is 6.10 Å². The third-order valence-electron chi connectivity index (χ3n) is 5.92. The van der Waals surface area contributed by atoms with Gasteiger partial charge in [0.25, 0.3) is 0 Å². The topological polar surface area (TPSA) is 130 Å². The Kier molecular flexibility index (Phi) is 9.46. The van der Waals surface area contributed by atoms with Gasteiger partial charge in [0, 0.05) is 42.8 Å². The molecular formula is C26H33NO9. The number of ether oxygens (including phenoxy) is 5. The Morgan fingerprint density at radius 1 is 0.806 bits per heavy atom. The number of aromatic nitrogens is 1. The number of aromatic amines is 1. The van der Waals surface area contributed by atoms with Crippen LogP contribution in [-0.2, 0) is 49.3 Å². The van der Waals surface area contributed by atoms with E-state index in [1.54, 1.807) is 27.7 Å². The summed E-state index contributed by atoms with van der Waals surface area (Å²) in [5.41, 5.74) is 1.92. The molecule has 196 valence electrons. The van der Waals surface area contributed by atoms with Gasteiger partial charge in [-0.15, -0.1) is 0 Å². The fourth-order valence-corrected chi connectivity index (χ4v) is 3.96. The molecule has 0 amide bonds. The first-order valence-corrected chi connectivity index (χ1v) is 12.3. The van der Waals surface area contributed by atoms with Gasteiger partial charge in [-0.3, -0.25) is 19.2 Å². The molecule has 2 aromatic rings. The van der Waals surface area contributed by atoms with Crippen molar-refractivity contribution in [3.05, 3.63) is 36.0 Å². The van der Waals surface area contributed by atoms with Crippen molar-refractivity contribution in [2.24, 2.45) is 0 Å². The molecule has 1 aliphatic heterocycles. The van der Waals surface area contributed by atoms with E-state index in [1.807, 2.05) is 30.5 Å². The first kappa shape index (κ1) is 27.2.